The minimum atomic E-state index is -2.53. The lowest BCUT2D eigenvalue weighted by Crippen LogP contribution is -2.06. The molecule has 5 heteroatoms. The third kappa shape index (κ3) is 7.94. The molecule has 0 heterocycles. The van der Waals surface area contributed by atoms with Crippen molar-refractivity contribution in [2.24, 2.45) is 0 Å². The molecule has 0 aliphatic heterocycles. The molecule has 0 saturated heterocycles. The van der Waals surface area contributed by atoms with Crippen molar-refractivity contribution in [3.63, 3.8) is 0 Å². The van der Waals surface area contributed by atoms with E-state index in [1.54, 1.807) is 22.6 Å². The lowest BCUT2D eigenvalue weighted by Gasteiger charge is -2.10. The van der Waals surface area contributed by atoms with Gasteiger partial charge in [-0.2, -0.15) is 0 Å². The van der Waals surface area contributed by atoms with Crippen LogP contribution in [0.5, 0.6) is 0 Å². The Balaban J connectivity index is 3.74. The van der Waals surface area contributed by atoms with Gasteiger partial charge in [-0.1, -0.05) is 32.6 Å². The SMILES string of the molecule is CCCCCCC(CC(=O)I)[PH](=O)O. The normalized spacial score (nSPS) is 15.1. The van der Waals surface area contributed by atoms with E-state index in [1.165, 1.54) is 0 Å². The first-order valence-electron chi connectivity index (χ1n) is 4.99. The lowest BCUT2D eigenvalue weighted by atomic mass is 10.1. The van der Waals surface area contributed by atoms with Gasteiger partial charge >= 0.3 is 0 Å². The maximum absolute atomic E-state index is 10.9. The monoisotopic (exact) mass is 332 g/mol. The quantitative estimate of drug-likeness (QED) is 0.322. The standard InChI is InChI=1S/C9H18IO3P/c1-2-3-4-5-6-8(14(12)13)7-9(10)11/h8,14H,2-7H2,1H3,(H,12,13). The summed E-state index contributed by atoms with van der Waals surface area (Å²) in [6.45, 7) is 2.13. The van der Waals surface area contributed by atoms with Gasteiger partial charge in [0.05, 0.1) is 0 Å². The maximum atomic E-state index is 10.9. The zero-order chi connectivity index (χ0) is 11.0. The van der Waals surface area contributed by atoms with Crippen molar-refractivity contribution in [2.75, 3.05) is 0 Å². The third-order valence-corrected chi connectivity index (χ3v) is 3.79. The van der Waals surface area contributed by atoms with Crippen molar-refractivity contribution >= 4 is 34.4 Å². The molecule has 0 amide bonds. The van der Waals surface area contributed by atoms with Gasteiger partial charge in [0.1, 0.15) is 0 Å². The summed E-state index contributed by atoms with van der Waals surface area (Å²) in [5.74, 6) is 0. The van der Waals surface area contributed by atoms with E-state index in [2.05, 4.69) is 6.92 Å². The Kier molecular flexibility index (Phi) is 9.24. The predicted molar refractivity (Wildman–Crippen MR) is 67.4 cm³/mol. The van der Waals surface area contributed by atoms with Gasteiger partial charge in [-0.15, -0.1) is 0 Å². The van der Waals surface area contributed by atoms with Crippen LogP contribution in [0.4, 0.5) is 0 Å². The third-order valence-electron chi connectivity index (χ3n) is 2.16. The molecule has 0 aromatic rings. The number of carbonyl (C=O) groups excluding carboxylic acids is 1. The average Bonchev–Trinajstić information content (AvgIpc) is 2.09. The van der Waals surface area contributed by atoms with E-state index in [9.17, 15) is 9.36 Å². The van der Waals surface area contributed by atoms with Crippen molar-refractivity contribution in [3.05, 3.63) is 0 Å². The van der Waals surface area contributed by atoms with Gasteiger partial charge in [0, 0.05) is 12.1 Å². The highest BCUT2D eigenvalue weighted by Gasteiger charge is 2.16. The summed E-state index contributed by atoms with van der Waals surface area (Å²) in [7, 11) is -2.53. The van der Waals surface area contributed by atoms with Crippen molar-refractivity contribution in [1.82, 2.24) is 0 Å². The van der Waals surface area contributed by atoms with Gasteiger partial charge in [-0.3, -0.25) is 9.36 Å². The largest absolute Gasteiger partial charge is 0.346 e. The van der Waals surface area contributed by atoms with Crippen LogP contribution in [0, 0.1) is 0 Å². The molecular formula is C9H18IO3P. The van der Waals surface area contributed by atoms with E-state index < -0.39 is 8.03 Å². The number of halogens is 1. The van der Waals surface area contributed by atoms with E-state index >= 15 is 0 Å². The van der Waals surface area contributed by atoms with Gasteiger partial charge in [0.15, 0.2) is 11.8 Å². The zero-order valence-electron chi connectivity index (χ0n) is 8.46. The minimum Gasteiger partial charge on any atom is -0.346 e. The van der Waals surface area contributed by atoms with E-state index in [0.717, 1.165) is 25.7 Å². The van der Waals surface area contributed by atoms with Crippen LogP contribution in [0.15, 0.2) is 0 Å². The molecule has 14 heavy (non-hydrogen) atoms. The highest BCUT2D eigenvalue weighted by Crippen LogP contribution is 2.30. The maximum Gasteiger partial charge on any atom is 0.193 e. The topological polar surface area (TPSA) is 54.4 Å². The fraction of sp³-hybridized carbons (Fsp3) is 0.889. The van der Waals surface area contributed by atoms with Gasteiger partial charge in [0.25, 0.3) is 0 Å². The zero-order valence-corrected chi connectivity index (χ0v) is 11.6. The summed E-state index contributed by atoms with van der Waals surface area (Å²) >= 11 is 1.69. The Labute approximate surface area is 99.7 Å². The molecule has 0 bridgehead atoms. The van der Waals surface area contributed by atoms with Crippen molar-refractivity contribution in [1.29, 1.82) is 0 Å². The highest BCUT2D eigenvalue weighted by atomic mass is 127. The van der Waals surface area contributed by atoms with Gasteiger partial charge in [-0.25, -0.2) is 0 Å². The molecule has 0 aliphatic carbocycles. The molecule has 0 spiro atoms. The molecule has 0 aliphatic rings. The molecular weight excluding hydrogens is 314 g/mol. The van der Waals surface area contributed by atoms with E-state index in [-0.39, 0.29) is 15.9 Å². The molecule has 84 valence electrons. The fourth-order valence-corrected chi connectivity index (χ4v) is 3.08. The second kappa shape index (κ2) is 8.86. The van der Waals surface area contributed by atoms with Crippen molar-refractivity contribution in [3.8, 4) is 0 Å². The van der Waals surface area contributed by atoms with Gasteiger partial charge in [0.2, 0.25) is 0 Å². The molecule has 0 saturated carbocycles. The van der Waals surface area contributed by atoms with E-state index in [4.69, 9.17) is 4.89 Å². The summed E-state index contributed by atoms with van der Waals surface area (Å²) in [4.78, 5) is 19.8. The number of hydrogen-bond acceptors (Lipinski definition) is 2. The number of hydrogen-bond donors (Lipinski definition) is 1. The Hall–Kier alpha value is 0.590. The molecule has 2 unspecified atom stereocenters. The van der Waals surface area contributed by atoms with E-state index in [1.807, 2.05) is 0 Å². The lowest BCUT2D eigenvalue weighted by molar-refractivity contribution is -0.109. The van der Waals surface area contributed by atoms with Crippen LogP contribution >= 0.6 is 30.6 Å². The Morgan fingerprint density at radius 3 is 2.50 bits per heavy atom. The summed E-state index contributed by atoms with van der Waals surface area (Å²) in [6.07, 6.45) is 5.34. The second-order valence-electron chi connectivity index (χ2n) is 3.44. The molecule has 0 radical (unpaired) electrons. The van der Waals surface area contributed by atoms with Crippen LogP contribution < -0.4 is 0 Å². The van der Waals surface area contributed by atoms with Crippen LogP contribution in [0.1, 0.15) is 45.4 Å². The van der Waals surface area contributed by atoms with Gasteiger partial charge < -0.3 is 4.89 Å². The fourth-order valence-electron chi connectivity index (χ4n) is 1.32. The molecule has 0 aromatic carbocycles. The molecule has 0 aromatic heterocycles. The molecule has 1 N–H and O–H groups in total. The smallest absolute Gasteiger partial charge is 0.193 e. The Morgan fingerprint density at radius 1 is 1.43 bits per heavy atom. The summed E-state index contributed by atoms with van der Waals surface area (Å²) in [5.41, 5.74) is -0.291. The number of rotatable bonds is 8. The first-order chi connectivity index (χ1) is 6.57. The van der Waals surface area contributed by atoms with Crippen LogP contribution in [-0.4, -0.2) is 14.3 Å². The first-order valence-corrected chi connectivity index (χ1v) is 7.50. The summed E-state index contributed by atoms with van der Waals surface area (Å²) in [5, 5.41) is 0. The van der Waals surface area contributed by atoms with E-state index in [0.29, 0.717) is 6.42 Å². The van der Waals surface area contributed by atoms with Crippen LogP contribution in [0.25, 0.3) is 0 Å². The highest BCUT2D eigenvalue weighted by molar-refractivity contribution is 14.1. The average molecular weight is 332 g/mol. The summed E-state index contributed by atoms with van der Waals surface area (Å²) in [6, 6.07) is 0. The van der Waals surface area contributed by atoms with Gasteiger partial charge in [-0.05, 0) is 29.0 Å². The number of unbranched alkanes of at least 4 members (excludes halogenated alkanes) is 3. The van der Waals surface area contributed by atoms with Crippen LogP contribution in [0.3, 0.4) is 0 Å². The Bertz CT molecular complexity index is 196. The van der Waals surface area contributed by atoms with Crippen molar-refractivity contribution in [2.45, 2.75) is 51.1 Å². The molecule has 2 atom stereocenters. The molecule has 0 rings (SSSR count). The van der Waals surface area contributed by atoms with Crippen LogP contribution in [-0.2, 0) is 9.36 Å². The number of carbonyl (C=O) groups is 1. The first kappa shape index (κ1) is 14.6. The Morgan fingerprint density at radius 2 is 2.07 bits per heavy atom. The summed E-state index contributed by atoms with van der Waals surface area (Å²) < 4.78 is 10.9. The van der Waals surface area contributed by atoms with Crippen LogP contribution in [0.2, 0.25) is 0 Å². The second-order valence-corrected chi connectivity index (χ2v) is 6.14. The van der Waals surface area contributed by atoms with Crippen molar-refractivity contribution < 1.29 is 14.3 Å². The predicted octanol–water partition coefficient (Wildman–Crippen LogP) is 3.14. The minimum absolute atomic E-state index is 0.0181. The molecule has 0 fully saturated rings. The molecule has 3 nitrogen and oxygen atoms in total.